The summed E-state index contributed by atoms with van der Waals surface area (Å²) >= 11 is 0. The number of allylic oxidation sites excluding steroid dienone is 4. The molecule has 1 saturated heterocycles. The normalized spacial score (nSPS) is 26.8. The Morgan fingerprint density at radius 3 is 2.70 bits per heavy atom. The molecule has 7 rings (SSSR count). The number of rotatable bonds is 4. The molecule has 2 aromatic carbocycles. The highest BCUT2D eigenvalue weighted by molar-refractivity contribution is 5.58. The van der Waals surface area contributed by atoms with Crippen molar-refractivity contribution < 1.29 is 8.81 Å². The third-order valence-corrected chi connectivity index (χ3v) is 8.22. The van der Waals surface area contributed by atoms with Crippen LogP contribution in [-0.2, 0) is 5.54 Å². The predicted octanol–water partition coefficient (Wildman–Crippen LogP) is 5.15. The van der Waals surface area contributed by atoms with Crippen LogP contribution < -0.4 is 11.1 Å². The number of nitrogens with one attached hydrogen (secondary N) is 3. The van der Waals surface area contributed by atoms with Crippen molar-refractivity contribution in [1.29, 1.82) is 0 Å². The minimum absolute atomic E-state index is 0.122. The number of aromatic nitrogens is 4. The average Bonchev–Trinajstić information content (AvgIpc) is 3.68. The first-order valence-electron chi connectivity index (χ1n) is 12.7. The van der Waals surface area contributed by atoms with Gasteiger partial charge in [0.25, 0.3) is 0 Å². The lowest BCUT2D eigenvalue weighted by atomic mass is 9.65. The van der Waals surface area contributed by atoms with Crippen LogP contribution in [-0.4, -0.2) is 20.2 Å². The summed E-state index contributed by atoms with van der Waals surface area (Å²) in [5, 5.41) is 10.7. The average molecular weight is 496 g/mol. The number of hydrogen-bond acceptors (Lipinski definition) is 5. The summed E-state index contributed by atoms with van der Waals surface area (Å²) in [6.07, 6.45) is 10.1. The fraction of sp³-hybridized carbons (Fsp3) is 0.276. The molecular weight excluding hydrogens is 469 g/mol. The van der Waals surface area contributed by atoms with Gasteiger partial charge >= 0.3 is 5.76 Å². The molecule has 0 amide bonds. The van der Waals surface area contributed by atoms with Crippen LogP contribution in [0.25, 0.3) is 11.3 Å². The second-order valence-corrected chi connectivity index (χ2v) is 10.1. The summed E-state index contributed by atoms with van der Waals surface area (Å²) in [5.74, 6) is 0.681. The van der Waals surface area contributed by atoms with Crippen LogP contribution in [0.15, 0.2) is 93.3 Å². The van der Waals surface area contributed by atoms with E-state index in [2.05, 4.69) is 44.8 Å². The second kappa shape index (κ2) is 8.52. The predicted molar refractivity (Wildman–Crippen MR) is 136 cm³/mol. The van der Waals surface area contributed by atoms with E-state index in [4.69, 9.17) is 9.40 Å². The fourth-order valence-corrected chi connectivity index (χ4v) is 6.64. The van der Waals surface area contributed by atoms with Gasteiger partial charge in [-0.2, -0.15) is 0 Å². The number of benzene rings is 2. The Labute approximate surface area is 212 Å². The van der Waals surface area contributed by atoms with Gasteiger partial charge in [-0.15, -0.1) is 5.10 Å². The molecule has 1 aliphatic heterocycles. The van der Waals surface area contributed by atoms with E-state index in [9.17, 15) is 9.18 Å². The van der Waals surface area contributed by atoms with E-state index >= 15 is 0 Å². The molecule has 186 valence electrons. The SMILES string of the molecule is O=c1[nH]nc(C2(c3ccccc3)NC(c3ncc(-c4ccc(F)cc4)[nH]3)CC3C4=C(C=CCC4)CC32)o1. The van der Waals surface area contributed by atoms with Crippen molar-refractivity contribution in [2.75, 3.05) is 0 Å². The maximum absolute atomic E-state index is 13.5. The van der Waals surface area contributed by atoms with Crippen LogP contribution in [0.5, 0.6) is 0 Å². The molecule has 2 aromatic heterocycles. The summed E-state index contributed by atoms with van der Waals surface area (Å²) in [6.45, 7) is 0. The summed E-state index contributed by atoms with van der Waals surface area (Å²) in [4.78, 5) is 20.4. The zero-order chi connectivity index (χ0) is 25.0. The zero-order valence-corrected chi connectivity index (χ0v) is 20.1. The van der Waals surface area contributed by atoms with Crippen molar-refractivity contribution in [3.05, 3.63) is 118 Å². The molecule has 2 aliphatic carbocycles. The highest BCUT2D eigenvalue weighted by Gasteiger charge is 2.57. The first-order chi connectivity index (χ1) is 18.1. The summed E-state index contributed by atoms with van der Waals surface area (Å²) in [7, 11) is 0. The number of hydrogen-bond donors (Lipinski definition) is 3. The molecule has 3 aliphatic rings. The van der Waals surface area contributed by atoms with Gasteiger partial charge in [-0.25, -0.2) is 19.3 Å². The Kier molecular flexibility index (Phi) is 5.11. The minimum Gasteiger partial charge on any atom is -0.390 e. The van der Waals surface area contributed by atoms with Gasteiger partial charge in [0.2, 0.25) is 5.89 Å². The van der Waals surface area contributed by atoms with Crippen LogP contribution in [0.1, 0.15) is 49.0 Å². The molecule has 4 unspecified atom stereocenters. The van der Waals surface area contributed by atoms with E-state index in [0.717, 1.165) is 48.3 Å². The van der Waals surface area contributed by atoms with Gasteiger partial charge in [0.05, 0.1) is 17.9 Å². The second-order valence-electron chi connectivity index (χ2n) is 10.1. The lowest BCUT2D eigenvalue weighted by Crippen LogP contribution is -2.57. The number of halogens is 1. The van der Waals surface area contributed by atoms with E-state index in [0.29, 0.717) is 5.89 Å². The number of nitrogens with zero attached hydrogens (tertiary/aromatic N) is 2. The van der Waals surface area contributed by atoms with Crippen LogP contribution in [0.2, 0.25) is 0 Å². The van der Waals surface area contributed by atoms with Crippen molar-refractivity contribution in [1.82, 2.24) is 25.5 Å². The van der Waals surface area contributed by atoms with Gasteiger partial charge in [-0.3, -0.25) is 5.32 Å². The molecule has 3 N–H and O–H groups in total. The van der Waals surface area contributed by atoms with E-state index in [-0.39, 0.29) is 23.7 Å². The van der Waals surface area contributed by atoms with Gasteiger partial charge in [0.1, 0.15) is 17.2 Å². The molecule has 0 spiro atoms. The molecular formula is C29H26FN5O2. The number of fused-ring (bicyclic) bond motifs is 2. The lowest BCUT2D eigenvalue weighted by molar-refractivity contribution is 0.0916. The molecule has 0 radical (unpaired) electrons. The van der Waals surface area contributed by atoms with Crippen LogP contribution in [0, 0.1) is 17.7 Å². The molecule has 0 saturated carbocycles. The maximum Gasteiger partial charge on any atom is 0.434 e. The Hall–Kier alpha value is -4.04. The minimum atomic E-state index is -0.831. The van der Waals surface area contributed by atoms with Gasteiger partial charge in [-0.05, 0) is 72.6 Å². The van der Waals surface area contributed by atoms with Crippen molar-refractivity contribution in [3.8, 4) is 11.3 Å². The summed E-state index contributed by atoms with van der Waals surface area (Å²) in [5.41, 5.74) is 4.73. The van der Waals surface area contributed by atoms with Crippen LogP contribution >= 0.6 is 0 Å². The van der Waals surface area contributed by atoms with E-state index < -0.39 is 11.3 Å². The smallest absolute Gasteiger partial charge is 0.390 e. The lowest BCUT2D eigenvalue weighted by Gasteiger charge is -2.48. The zero-order valence-electron chi connectivity index (χ0n) is 20.1. The molecule has 7 nitrogen and oxygen atoms in total. The molecule has 0 bridgehead atoms. The highest BCUT2D eigenvalue weighted by atomic mass is 19.1. The van der Waals surface area contributed by atoms with Crippen molar-refractivity contribution >= 4 is 0 Å². The third-order valence-electron chi connectivity index (χ3n) is 8.22. The first-order valence-corrected chi connectivity index (χ1v) is 12.7. The van der Waals surface area contributed by atoms with Crippen molar-refractivity contribution in [2.24, 2.45) is 11.8 Å². The Morgan fingerprint density at radius 1 is 1.08 bits per heavy atom. The third kappa shape index (κ3) is 3.54. The monoisotopic (exact) mass is 495 g/mol. The van der Waals surface area contributed by atoms with Gasteiger partial charge in [-0.1, -0.05) is 48.1 Å². The standard InChI is InChI=1S/C29H26FN5O2/c30-20-12-10-17(11-13-20)25-16-31-26(32-25)24-15-22-21-9-5-4-6-18(21)14-23(22)29(33-24,19-7-2-1-3-8-19)27-34-35-28(36)37-27/h1-4,6-8,10-13,16,22-24,33H,5,9,14-15H2,(H,31,32)(H,35,36). The van der Waals surface area contributed by atoms with Gasteiger partial charge < -0.3 is 9.40 Å². The van der Waals surface area contributed by atoms with E-state index in [1.54, 1.807) is 18.3 Å². The van der Waals surface area contributed by atoms with Gasteiger partial charge in [0, 0.05) is 5.92 Å². The quantitative estimate of drug-likeness (QED) is 0.364. The maximum atomic E-state index is 13.5. The van der Waals surface area contributed by atoms with Crippen molar-refractivity contribution in [3.63, 3.8) is 0 Å². The largest absolute Gasteiger partial charge is 0.434 e. The molecule has 8 heteroatoms. The number of H-pyrrole nitrogens is 2. The Bertz CT molecular complexity index is 1570. The molecule has 1 fully saturated rings. The summed E-state index contributed by atoms with van der Waals surface area (Å²) in [6, 6.07) is 16.4. The molecule has 37 heavy (non-hydrogen) atoms. The van der Waals surface area contributed by atoms with Crippen LogP contribution in [0.3, 0.4) is 0 Å². The Balaban J connectivity index is 1.37. The molecule has 4 atom stereocenters. The molecule has 3 heterocycles. The number of imidazole rings is 1. The highest BCUT2D eigenvalue weighted by Crippen LogP contribution is 2.57. The topological polar surface area (TPSA) is 99.6 Å². The Morgan fingerprint density at radius 2 is 1.92 bits per heavy atom. The first kappa shape index (κ1) is 22.2. The molecule has 4 aromatic rings. The van der Waals surface area contributed by atoms with Crippen LogP contribution in [0.4, 0.5) is 4.39 Å². The fourth-order valence-electron chi connectivity index (χ4n) is 6.64. The summed E-state index contributed by atoms with van der Waals surface area (Å²) < 4.78 is 19.2. The van der Waals surface area contributed by atoms with Crippen molar-refractivity contribution in [2.45, 2.75) is 37.3 Å². The number of piperidine rings is 1. The van der Waals surface area contributed by atoms with E-state index in [1.807, 2.05) is 18.2 Å². The number of aromatic amines is 2. The van der Waals surface area contributed by atoms with E-state index in [1.165, 1.54) is 23.3 Å². The van der Waals surface area contributed by atoms with Gasteiger partial charge in [0.15, 0.2) is 0 Å².